The zero-order valence-corrected chi connectivity index (χ0v) is 16.4. The van der Waals surface area contributed by atoms with Gasteiger partial charge in [-0.25, -0.2) is 13.2 Å². The lowest BCUT2D eigenvalue weighted by molar-refractivity contribution is 0.249. The number of aryl methyl sites for hydroxylation is 1. The van der Waals surface area contributed by atoms with E-state index in [1.807, 2.05) is 25.1 Å². The molecule has 0 aliphatic rings. The van der Waals surface area contributed by atoms with Gasteiger partial charge >= 0.3 is 6.03 Å². The monoisotopic (exact) mass is 395 g/mol. The fourth-order valence-corrected chi connectivity index (χ4v) is 3.37. The van der Waals surface area contributed by atoms with E-state index in [-0.39, 0.29) is 17.8 Å². The van der Waals surface area contributed by atoms with Crippen LogP contribution in [-0.2, 0) is 10.0 Å². The molecule has 3 N–H and O–H groups in total. The lowest BCUT2D eigenvalue weighted by Gasteiger charge is -2.17. The molecule has 0 heterocycles. The fourth-order valence-electron chi connectivity index (χ4n) is 2.36. The first-order chi connectivity index (χ1) is 12.2. The van der Waals surface area contributed by atoms with Crippen LogP contribution in [-0.4, -0.2) is 20.2 Å². The SMILES string of the molecule is CCS(=O)(=O)Nc1ccc(NC(=O)NC(C)c2ccccc2Cl)cc1C. The molecule has 2 rings (SSSR count). The summed E-state index contributed by atoms with van der Waals surface area (Å²) in [5, 5.41) is 6.14. The molecule has 2 aromatic carbocycles. The van der Waals surface area contributed by atoms with Gasteiger partial charge < -0.3 is 10.6 Å². The van der Waals surface area contributed by atoms with E-state index in [0.717, 1.165) is 5.56 Å². The minimum atomic E-state index is -3.34. The number of anilines is 2. The summed E-state index contributed by atoms with van der Waals surface area (Å²) in [4.78, 5) is 12.2. The normalized spacial score (nSPS) is 12.3. The van der Waals surface area contributed by atoms with E-state index in [0.29, 0.717) is 22.0 Å². The number of halogens is 1. The average molecular weight is 396 g/mol. The van der Waals surface area contributed by atoms with Gasteiger partial charge in [-0.1, -0.05) is 29.8 Å². The van der Waals surface area contributed by atoms with Crippen molar-refractivity contribution in [1.82, 2.24) is 5.32 Å². The molecule has 0 spiro atoms. The van der Waals surface area contributed by atoms with Gasteiger partial charge in [0, 0.05) is 10.7 Å². The van der Waals surface area contributed by atoms with Crippen LogP contribution in [0.25, 0.3) is 0 Å². The van der Waals surface area contributed by atoms with Crippen LogP contribution < -0.4 is 15.4 Å². The van der Waals surface area contributed by atoms with Gasteiger partial charge in [0.05, 0.1) is 17.5 Å². The van der Waals surface area contributed by atoms with Gasteiger partial charge in [0.15, 0.2) is 0 Å². The lowest BCUT2D eigenvalue weighted by Crippen LogP contribution is -2.31. The molecule has 0 radical (unpaired) electrons. The van der Waals surface area contributed by atoms with Gasteiger partial charge in [-0.15, -0.1) is 0 Å². The van der Waals surface area contributed by atoms with Crippen molar-refractivity contribution in [1.29, 1.82) is 0 Å². The van der Waals surface area contributed by atoms with Gasteiger partial charge in [-0.05, 0) is 56.2 Å². The van der Waals surface area contributed by atoms with Gasteiger partial charge in [-0.3, -0.25) is 4.72 Å². The maximum Gasteiger partial charge on any atom is 0.319 e. The van der Waals surface area contributed by atoms with Crippen molar-refractivity contribution in [3.8, 4) is 0 Å². The topological polar surface area (TPSA) is 87.3 Å². The molecule has 1 atom stereocenters. The maximum absolute atomic E-state index is 12.2. The number of urea groups is 1. The highest BCUT2D eigenvalue weighted by atomic mass is 35.5. The Balaban J connectivity index is 2.03. The molecule has 0 aliphatic heterocycles. The van der Waals surface area contributed by atoms with E-state index < -0.39 is 10.0 Å². The van der Waals surface area contributed by atoms with Crippen LogP contribution in [0.15, 0.2) is 42.5 Å². The molecule has 140 valence electrons. The van der Waals surface area contributed by atoms with E-state index in [1.165, 1.54) is 0 Å². The van der Waals surface area contributed by atoms with E-state index in [2.05, 4.69) is 15.4 Å². The summed E-state index contributed by atoms with van der Waals surface area (Å²) in [7, 11) is -3.34. The van der Waals surface area contributed by atoms with E-state index in [1.54, 1.807) is 38.1 Å². The Kier molecular flexibility index (Phi) is 6.50. The van der Waals surface area contributed by atoms with Crippen LogP contribution in [0.5, 0.6) is 0 Å². The first kappa shape index (κ1) is 20.1. The number of carbonyl (C=O) groups is 1. The number of hydrogen-bond acceptors (Lipinski definition) is 3. The smallest absolute Gasteiger partial charge is 0.319 e. The summed E-state index contributed by atoms with van der Waals surface area (Å²) in [5.74, 6) is -0.00518. The first-order valence-corrected chi connectivity index (χ1v) is 10.2. The van der Waals surface area contributed by atoms with Gasteiger partial charge in [-0.2, -0.15) is 0 Å². The second-order valence-corrected chi connectivity index (χ2v) is 8.30. The summed E-state index contributed by atoms with van der Waals surface area (Å²) < 4.78 is 25.8. The molecule has 0 bridgehead atoms. The number of rotatable bonds is 6. The highest BCUT2D eigenvalue weighted by molar-refractivity contribution is 7.92. The third-order valence-corrected chi connectivity index (χ3v) is 5.48. The van der Waals surface area contributed by atoms with Crippen molar-refractivity contribution in [3.05, 3.63) is 58.6 Å². The predicted octanol–water partition coefficient (Wildman–Crippen LogP) is 4.29. The maximum atomic E-state index is 12.2. The van der Waals surface area contributed by atoms with Crippen LogP contribution in [0, 0.1) is 6.92 Å². The Morgan fingerprint density at radius 3 is 2.50 bits per heavy atom. The molecule has 0 aliphatic carbocycles. The van der Waals surface area contributed by atoms with Crippen LogP contribution in [0.4, 0.5) is 16.2 Å². The number of sulfonamides is 1. The third kappa shape index (κ3) is 5.37. The fraction of sp³-hybridized carbons (Fsp3) is 0.278. The summed E-state index contributed by atoms with van der Waals surface area (Å²) in [6, 6.07) is 11.6. The molecule has 26 heavy (non-hydrogen) atoms. The van der Waals surface area contributed by atoms with Crippen molar-refractivity contribution in [2.24, 2.45) is 0 Å². The molecule has 2 amide bonds. The van der Waals surface area contributed by atoms with Crippen LogP contribution in [0.2, 0.25) is 5.02 Å². The minimum Gasteiger partial charge on any atom is -0.331 e. The number of carbonyl (C=O) groups excluding carboxylic acids is 1. The molecule has 2 aromatic rings. The Hall–Kier alpha value is -2.25. The molecular formula is C18H22ClN3O3S. The molecule has 0 saturated carbocycles. The van der Waals surface area contributed by atoms with Crippen molar-refractivity contribution in [2.75, 3.05) is 15.8 Å². The summed E-state index contributed by atoms with van der Waals surface area (Å²) in [6.07, 6.45) is 0. The second-order valence-electron chi connectivity index (χ2n) is 5.88. The minimum absolute atomic E-state index is 0.00518. The highest BCUT2D eigenvalue weighted by Crippen LogP contribution is 2.23. The molecule has 0 aromatic heterocycles. The van der Waals surface area contributed by atoms with E-state index in [4.69, 9.17) is 11.6 Å². The number of amides is 2. The van der Waals surface area contributed by atoms with Crippen molar-refractivity contribution >= 4 is 39.0 Å². The molecule has 0 saturated heterocycles. The van der Waals surface area contributed by atoms with Crippen LogP contribution in [0.3, 0.4) is 0 Å². The van der Waals surface area contributed by atoms with Crippen molar-refractivity contribution in [2.45, 2.75) is 26.8 Å². The average Bonchev–Trinajstić information content (AvgIpc) is 2.57. The zero-order chi connectivity index (χ0) is 19.3. The third-order valence-electron chi connectivity index (χ3n) is 3.85. The first-order valence-electron chi connectivity index (χ1n) is 8.15. The largest absolute Gasteiger partial charge is 0.331 e. The molecule has 0 fully saturated rings. The number of hydrogen-bond donors (Lipinski definition) is 3. The Labute approximate surface area is 159 Å². The van der Waals surface area contributed by atoms with E-state index in [9.17, 15) is 13.2 Å². The summed E-state index contributed by atoms with van der Waals surface area (Å²) in [5.41, 5.74) is 2.58. The lowest BCUT2D eigenvalue weighted by atomic mass is 10.1. The quantitative estimate of drug-likeness (QED) is 0.681. The van der Waals surface area contributed by atoms with Gasteiger partial charge in [0.25, 0.3) is 0 Å². The Morgan fingerprint density at radius 2 is 1.88 bits per heavy atom. The van der Waals surface area contributed by atoms with Crippen LogP contribution in [0.1, 0.15) is 31.0 Å². The summed E-state index contributed by atoms with van der Waals surface area (Å²) >= 11 is 6.14. The second kappa shape index (κ2) is 8.42. The van der Waals surface area contributed by atoms with Gasteiger partial charge in [0.2, 0.25) is 10.0 Å². The number of benzene rings is 2. The zero-order valence-electron chi connectivity index (χ0n) is 14.8. The Morgan fingerprint density at radius 1 is 1.19 bits per heavy atom. The van der Waals surface area contributed by atoms with Crippen molar-refractivity contribution < 1.29 is 13.2 Å². The molecule has 8 heteroatoms. The molecule has 1 unspecified atom stereocenters. The van der Waals surface area contributed by atoms with Crippen molar-refractivity contribution in [3.63, 3.8) is 0 Å². The number of nitrogens with one attached hydrogen (secondary N) is 3. The Bertz CT molecular complexity index is 900. The predicted molar refractivity (Wildman–Crippen MR) is 106 cm³/mol. The highest BCUT2D eigenvalue weighted by Gasteiger charge is 2.13. The van der Waals surface area contributed by atoms with Gasteiger partial charge in [0.1, 0.15) is 0 Å². The van der Waals surface area contributed by atoms with Crippen LogP contribution >= 0.6 is 11.6 Å². The summed E-state index contributed by atoms with van der Waals surface area (Å²) in [6.45, 7) is 5.18. The molecular weight excluding hydrogens is 374 g/mol. The standard InChI is InChI=1S/C18H22ClN3O3S/c1-4-26(24,25)22-17-10-9-14(11-12(17)2)21-18(23)20-13(3)15-7-5-6-8-16(15)19/h5-11,13,22H,4H2,1-3H3,(H2,20,21,23). The van der Waals surface area contributed by atoms with E-state index >= 15 is 0 Å². The molecule has 6 nitrogen and oxygen atoms in total.